The van der Waals surface area contributed by atoms with Crippen LogP contribution in [0.15, 0.2) is 85.2 Å². The van der Waals surface area contributed by atoms with Gasteiger partial charge >= 0.3 is 12.7 Å². The van der Waals surface area contributed by atoms with Crippen LogP contribution in [0, 0.1) is 4.77 Å². The van der Waals surface area contributed by atoms with E-state index in [0.717, 1.165) is 16.6 Å². The number of nitrogen functional groups attached to an aromatic ring is 1. The van der Waals surface area contributed by atoms with Crippen LogP contribution in [0.2, 0.25) is 0 Å². The van der Waals surface area contributed by atoms with Crippen LogP contribution < -0.4 is 20.5 Å². The normalized spacial score (nSPS) is 11.5. The first-order valence-electron chi connectivity index (χ1n) is 12.0. The highest BCUT2D eigenvalue weighted by molar-refractivity contribution is 7.71. The maximum Gasteiger partial charge on any atom is 0.573 e. The second kappa shape index (κ2) is 12.8. The number of anilines is 2. The van der Waals surface area contributed by atoms with Crippen molar-refractivity contribution in [3.63, 3.8) is 0 Å². The van der Waals surface area contributed by atoms with Crippen molar-refractivity contribution in [1.82, 2.24) is 19.5 Å². The predicted molar refractivity (Wildman–Crippen MR) is 146 cm³/mol. The van der Waals surface area contributed by atoms with Gasteiger partial charge in [-0.25, -0.2) is 9.97 Å². The van der Waals surface area contributed by atoms with Crippen molar-refractivity contribution in [1.29, 1.82) is 0 Å². The number of benzene rings is 2. The van der Waals surface area contributed by atoms with E-state index in [2.05, 4.69) is 29.7 Å². The Balaban J connectivity index is 0.000000194. The van der Waals surface area contributed by atoms with Crippen molar-refractivity contribution >= 4 is 34.9 Å². The molecule has 0 bridgehead atoms. The maximum absolute atomic E-state index is 12.1. The minimum absolute atomic E-state index is 0.251. The van der Waals surface area contributed by atoms with Gasteiger partial charge in [0.15, 0.2) is 10.4 Å². The number of hydrogen-bond donors (Lipinski definition) is 3. The van der Waals surface area contributed by atoms with Crippen LogP contribution >= 0.6 is 12.2 Å². The summed E-state index contributed by atoms with van der Waals surface area (Å²) >= 11 is 5.24. The molecule has 2 aromatic carbocycles. The first-order chi connectivity index (χ1) is 19.9. The zero-order valence-corrected chi connectivity index (χ0v) is 22.2. The highest BCUT2D eigenvalue weighted by atomic mass is 32.1. The molecule has 0 amide bonds. The van der Waals surface area contributed by atoms with Gasteiger partial charge in [0.05, 0.1) is 17.7 Å². The number of fused-ring (bicyclic) bond motifs is 1. The van der Waals surface area contributed by atoms with Gasteiger partial charge in [0.25, 0.3) is 0 Å². The van der Waals surface area contributed by atoms with Crippen LogP contribution in [0.25, 0.3) is 11.2 Å². The number of nitrogens with zero attached hydrogens (tertiary/aromatic N) is 3. The molecule has 0 saturated heterocycles. The van der Waals surface area contributed by atoms with Crippen molar-refractivity contribution in [3.05, 3.63) is 101 Å². The van der Waals surface area contributed by atoms with Crippen molar-refractivity contribution in [2.45, 2.75) is 25.8 Å². The van der Waals surface area contributed by atoms with Crippen LogP contribution in [0.4, 0.5) is 37.8 Å². The van der Waals surface area contributed by atoms with Crippen LogP contribution in [0.3, 0.4) is 0 Å². The summed E-state index contributed by atoms with van der Waals surface area (Å²) in [5.41, 5.74) is 9.29. The van der Waals surface area contributed by atoms with Crippen LogP contribution in [-0.2, 0) is 13.1 Å². The Morgan fingerprint density at radius 1 is 0.786 bits per heavy atom. The lowest BCUT2D eigenvalue weighted by atomic mass is 10.2. The van der Waals surface area contributed by atoms with E-state index in [1.165, 1.54) is 36.4 Å². The number of nitrogens with two attached hydrogens (primary N) is 1. The second-order valence-electron chi connectivity index (χ2n) is 8.57. The fraction of sp³-hybridized carbons (Fsp3) is 0.148. The van der Waals surface area contributed by atoms with Gasteiger partial charge in [-0.15, -0.1) is 26.3 Å². The van der Waals surface area contributed by atoms with Crippen LogP contribution in [-0.4, -0.2) is 32.2 Å². The van der Waals surface area contributed by atoms with E-state index >= 15 is 0 Å². The number of rotatable bonds is 7. The van der Waals surface area contributed by atoms with Gasteiger partial charge in [-0.05, 0) is 71.9 Å². The summed E-state index contributed by atoms with van der Waals surface area (Å²) in [4.78, 5) is 11.3. The minimum atomic E-state index is -4.69. The third-order valence-electron chi connectivity index (χ3n) is 5.48. The van der Waals surface area contributed by atoms with Gasteiger partial charge in [-0.3, -0.25) is 4.57 Å². The average molecular weight is 609 g/mol. The van der Waals surface area contributed by atoms with E-state index < -0.39 is 12.7 Å². The summed E-state index contributed by atoms with van der Waals surface area (Å²) in [7, 11) is 0. The van der Waals surface area contributed by atoms with Gasteiger partial charge in [0.2, 0.25) is 0 Å². The topological polar surface area (TPSA) is 103 Å². The smallest absolute Gasteiger partial charge is 0.406 e. The van der Waals surface area contributed by atoms with Crippen molar-refractivity contribution in [2.24, 2.45) is 0 Å². The molecule has 0 aliphatic rings. The summed E-state index contributed by atoms with van der Waals surface area (Å²) < 4.78 is 82.3. The SMILES string of the molecule is FC(F)(F)Oc1ccc(Cn2c(=S)[nH]c3cccnc32)cc1.Nc1cccnc1NCc1ccc(OC(F)(F)F)cc1. The Morgan fingerprint density at radius 3 is 1.90 bits per heavy atom. The molecule has 8 nitrogen and oxygen atoms in total. The number of aromatic amines is 1. The molecule has 5 aromatic rings. The lowest BCUT2D eigenvalue weighted by Gasteiger charge is -2.10. The Kier molecular flexibility index (Phi) is 9.20. The lowest BCUT2D eigenvalue weighted by Crippen LogP contribution is -2.17. The predicted octanol–water partition coefficient (Wildman–Crippen LogP) is 7.22. The number of alkyl halides is 6. The van der Waals surface area contributed by atoms with Gasteiger partial charge in [0, 0.05) is 18.9 Å². The number of hydrogen-bond acceptors (Lipinski definition) is 7. The van der Waals surface area contributed by atoms with Crippen molar-refractivity contribution in [3.8, 4) is 11.5 Å². The molecule has 0 unspecified atom stereocenters. The summed E-state index contributed by atoms with van der Waals surface area (Å²) in [5, 5.41) is 3.00. The summed E-state index contributed by atoms with van der Waals surface area (Å²) in [6, 6.07) is 18.3. The molecule has 3 aromatic heterocycles. The monoisotopic (exact) mass is 608 g/mol. The lowest BCUT2D eigenvalue weighted by molar-refractivity contribution is -0.275. The van der Waals surface area contributed by atoms with E-state index in [1.54, 1.807) is 47.3 Å². The van der Waals surface area contributed by atoms with Crippen molar-refractivity contribution < 1.29 is 35.8 Å². The molecular weight excluding hydrogens is 586 g/mol. The molecule has 5 rings (SSSR count). The Hall–Kier alpha value is -4.79. The zero-order valence-electron chi connectivity index (χ0n) is 21.4. The standard InChI is InChI=1S/C14H10F3N3OS.C13H12F3N3O/c15-14(16,17)21-10-5-3-9(4-6-10)8-20-12-11(19-13(20)22)2-1-7-18-12;14-13(15,16)20-10-5-3-9(4-6-10)8-19-12-11(17)2-1-7-18-12/h1-7H,8H2,(H,19,22);1-7H,8,17H2,(H,18,19). The molecule has 3 heterocycles. The molecule has 0 aliphatic carbocycles. The first-order valence-corrected chi connectivity index (χ1v) is 12.4. The Morgan fingerprint density at radius 2 is 1.33 bits per heavy atom. The zero-order chi connectivity index (χ0) is 30.3. The molecule has 42 heavy (non-hydrogen) atoms. The maximum atomic E-state index is 12.1. The summed E-state index contributed by atoms with van der Waals surface area (Å²) in [6.07, 6.45) is -6.12. The molecule has 0 saturated carbocycles. The van der Waals surface area contributed by atoms with Crippen LogP contribution in [0.5, 0.6) is 11.5 Å². The molecular formula is C27H22F6N6O2S. The fourth-order valence-corrected chi connectivity index (χ4v) is 3.94. The number of imidazole rings is 1. The highest BCUT2D eigenvalue weighted by Crippen LogP contribution is 2.24. The quantitative estimate of drug-likeness (QED) is 0.133. The molecule has 0 atom stereocenters. The number of aromatic nitrogens is 4. The van der Waals surface area contributed by atoms with Gasteiger partial charge in [0.1, 0.15) is 17.3 Å². The highest BCUT2D eigenvalue weighted by Gasteiger charge is 2.31. The van der Waals surface area contributed by atoms with Gasteiger partial charge in [-0.2, -0.15) is 0 Å². The fourth-order valence-electron chi connectivity index (χ4n) is 3.67. The summed E-state index contributed by atoms with van der Waals surface area (Å²) in [5.74, 6) is 0.0265. The van der Waals surface area contributed by atoms with E-state index in [0.29, 0.717) is 35.0 Å². The molecule has 0 aliphatic heterocycles. The third kappa shape index (κ3) is 8.86. The summed E-state index contributed by atoms with van der Waals surface area (Å²) in [6.45, 7) is 0.801. The number of nitrogens with one attached hydrogen (secondary N) is 2. The molecule has 0 radical (unpaired) electrons. The molecule has 220 valence electrons. The average Bonchev–Trinajstić information content (AvgIpc) is 3.23. The first kappa shape index (κ1) is 30.2. The minimum Gasteiger partial charge on any atom is -0.406 e. The Bertz CT molecular complexity index is 1670. The number of H-pyrrole nitrogens is 1. The van der Waals surface area contributed by atoms with E-state index in [9.17, 15) is 26.3 Å². The third-order valence-corrected chi connectivity index (χ3v) is 5.80. The van der Waals surface area contributed by atoms with Crippen molar-refractivity contribution in [2.75, 3.05) is 11.1 Å². The Labute approximate surface area is 239 Å². The van der Waals surface area contributed by atoms with E-state index in [-0.39, 0.29) is 11.5 Å². The molecule has 4 N–H and O–H groups in total. The number of ether oxygens (including phenoxy) is 2. The number of pyridine rings is 2. The molecule has 15 heteroatoms. The molecule has 0 spiro atoms. The largest absolute Gasteiger partial charge is 0.573 e. The van der Waals surface area contributed by atoms with Gasteiger partial charge in [-0.1, -0.05) is 24.3 Å². The van der Waals surface area contributed by atoms with E-state index in [4.69, 9.17) is 18.0 Å². The van der Waals surface area contributed by atoms with Crippen LogP contribution in [0.1, 0.15) is 11.1 Å². The molecule has 0 fully saturated rings. The van der Waals surface area contributed by atoms with Gasteiger partial charge < -0.3 is 25.5 Å². The number of halogens is 6. The van der Waals surface area contributed by atoms with E-state index in [1.807, 2.05) is 6.07 Å². The second-order valence-corrected chi connectivity index (χ2v) is 8.96.